The molecule has 30 heavy (non-hydrogen) atoms. The fourth-order valence-electron chi connectivity index (χ4n) is 3.74. The summed E-state index contributed by atoms with van der Waals surface area (Å²) in [6.07, 6.45) is 4.13. The molecule has 0 saturated carbocycles. The van der Waals surface area contributed by atoms with E-state index in [1.165, 1.54) is 10.7 Å². The maximum absolute atomic E-state index is 12.7. The van der Waals surface area contributed by atoms with Crippen molar-refractivity contribution in [2.24, 2.45) is 0 Å². The van der Waals surface area contributed by atoms with Crippen LogP contribution in [0.1, 0.15) is 41.7 Å². The number of hydrogen-bond acceptors (Lipinski definition) is 5. The zero-order valence-electron chi connectivity index (χ0n) is 16.8. The second kappa shape index (κ2) is 8.83. The van der Waals surface area contributed by atoms with E-state index in [4.69, 9.17) is 16.0 Å². The number of aromatic nitrogens is 3. The first-order chi connectivity index (χ1) is 14.5. The zero-order valence-corrected chi connectivity index (χ0v) is 17.5. The van der Waals surface area contributed by atoms with Crippen LogP contribution in [0.3, 0.4) is 0 Å². The van der Waals surface area contributed by atoms with Crippen LogP contribution in [0.15, 0.2) is 51.8 Å². The van der Waals surface area contributed by atoms with Crippen molar-refractivity contribution in [1.82, 2.24) is 19.7 Å². The third kappa shape index (κ3) is 4.79. The van der Waals surface area contributed by atoms with Gasteiger partial charge < -0.3 is 9.32 Å². The molecular weight excluding hydrogens is 404 g/mol. The number of amides is 1. The molecule has 7 nitrogen and oxygen atoms in total. The molecule has 0 N–H and O–H groups in total. The first kappa shape index (κ1) is 20.3. The summed E-state index contributed by atoms with van der Waals surface area (Å²) in [6, 6.07) is 10.7. The average Bonchev–Trinajstić information content (AvgIpc) is 3.19. The van der Waals surface area contributed by atoms with Crippen molar-refractivity contribution in [1.29, 1.82) is 0 Å². The van der Waals surface area contributed by atoms with Crippen LogP contribution in [0.4, 0.5) is 0 Å². The Labute approximate surface area is 179 Å². The molecule has 0 aliphatic carbocycles. The molecule has 1 aromatic carbocycles. The molecule has 156 valence electrons. The monoisotopic (exact) mass is 426 g/mol. The van der Waals surface area contributed by atoms with Gasteiger partial charge in [-0.25, -0.2) is 9.67 Å². The number of likely N-dealkylation sites (tertiary alicyclic amines) is 1. The number of halogens is 1. The molecule has 4 rings (SSSR count). The van der Waals surface area contributed by atoms with Crippen molar-refractivity contribution < 1.29 is 9.21 Å². The van der Waals surface area contributed by atoms with E-state index in [9.17, 15) is 9.59 Å². The number of nitrogens with zero attached hydrogens (tertiary/aromatic N) is 4. The lowest BCUT2D eigenvalue weighted by atomic mass is 9.98. The van der Waals surface area contributed by atoms with Gasteiger partial charge in [0.25, 0.3) is 5.56 Å². The molecule has 0 radical (unpaired) electrons. The molecule has 1 atom stereocenters. The van der Waals surface area contributed by atoms with Crippen molar-refractivity contribution in [3.8, 4) is 0 Å². The number of piperidine rings is 1. The fraction of sp³-hybridized carbons (Fsp3) is 0.364. The zero-order chi connectivity index (χ0) is 21.1. The SMILES string of the molecule is Cc1ccc(=O)n(CC(=O)N2CCC[C@H](c3ncc(Cc4cccc(Cl)c4)o3)C2)n1. The Morgan fingerprint density at radius 2 is 2.17 bits per heavy atom. The Morgan fingerprint density at radius 3 is 3.00 bits per heavy atom. The van der Waals surface area contributed by atoms with E-state index in [1.807, 2.05) is 24.3 Å². The molecule has 3 aromatic rings. The minimum absolute atomic E-state index is 0.0398. The van der Waals surface area contributed by atoms with Crippen LogP contribution >= 0.6 is 11.6 Å². The highest BCUT2D eigenvalue weighted by Gasteiger charge is 2.28. The van der Waals surface area contributed by atoms with Gasteiger partial charge in [-0.1, -0.05) is 23.7 Å². The molecule has 1 fully saturated rings. The number of hydrogen-bond donors (Lipinski definition) is 0. The number of aryl methyl sites for hydroxylation is 1. The highest BCUT2D eigenvalue weighted by Crippen LogP contribution is 2.27. The van der Waals surface area contributed by atoms with Gasteiger partial charge in [0.1, 0.15) is 12.3 Å². The minimum Gasteiger partial charge on any atom is -0.445 e. The van der Waals surface area contributed by atoms with Crippen LogP contribution in [-0.2, 0) is 17.8 Å². The van der Waals surface area contributed by atoms with E-state index in [0.717, 1.165) is 24.2 Å². The van der Waals surface area contributed by atoms with Crippen molar-refractivity contribution in [3.63, 3.8) is 0 Å². The van der Waals surface area contributed by atoms with Crippen molar-refractivity contribution in [3.05, 3.63) is 80.9 Å². The average molecular weight is 427 g/mol. The Balaban J connectivity index is 1.41. The van der Waals surface area contributed by atoms with Gasteiger partial charge in [-0.05, 0) is 43.5 Å². The number of rotatable bonds is 5. The summed E-state index contributed by atoms with van der Waals surface area (Å²) in [5, 5.41) is 4.84. The van der Waals surface area contributed by atoms with Crippen LogP contribution < -0.4 is 5.56 Å². The van der Waals surface area contributed by atoms with Gasteiger partial charge in [0.05, 0.1) is 17.8 Å². The molecule has 8 heteroatoms. The van der Waals surface area contributed by atoms with E-state index in [1.54, 1.807) is 24.1 Å². The number of benzene rings is 1. The summed E-state index contributed by atoms with van der Waals surface area (Å²) in [5.41, 5.74) is 1.48. The Bertz CT molecular complexity index is 1110. The summed E-state index contributed by atoms with van der Waals surface area (Å²) in [7, 11) is 0. The maximum atomic E-state index is 12.7. The molecule has 0 unspecified atom stereocenters. The summed E-state index contributed by atoms with van der Waals surface area (Å²) in [6.45, 7) is 2.92. The second-order valence-electron chi connectivity index (χ2n) is 7.62. The maximum Gasteiger partial charge on any atom is 0.267 e. The third-order valence-corrected chi connectivity index (χ3v) is 5.48. The lowest BCUT2D eigenvalue weighted by Gasteiger charge is -2.31. The normalized spacial score (nSPS) is 16.6. The summed E-state index contributed by atoms with van der Waals surface area (Å²) in [4.78, 5) is 30.9. The van der Waals surface area contributed by atoms with E-state index in [-0.39, 0.29) is 23.9 Å². The quantitative estimate of drug-likeness (QED) is 0.625. The fourth-order valence-corrected chi connectivity index (χ4v) is 3.95. The van der Waals surface area contributed by atoms with Crippen molar-refractivity contribution in [2.45, 2.75) is 38.6 Å². The minimum atomic E-state index is -0.277. The molecule has 1 saturated heterocycles. The lowest BCUT2D eigenvalue weighted by Crippen LogP contribution is -2.42. The van der Waals surface area contributed by atoms with Crippen LogP contribution in [0.25, 0.3) is 0 Å². The number of carbonyl (C=O) groups excluding carboxylic acids is 1. The van der Waals surface area contributed by atoms with Gasteiger partial charge in [-0.15, -0.1) is 0 Å². The van der Waals surface area contributed by atoms with E-state index >= 15 is 0 Å². The van der Waals surface area contributed by atoms with Gasteiger partial charge in [0, 0.05) is 30.6 Å². The Morgan fingerprint density at radius 1 is 1.30 bits per heavy atom. The topological polar surface area (TPSA) is 81.2 Å². The lowest BCUT2D eigenvalue weighted by molar-refractivity contribution is -0.133. The highest BCUT2D eigenvalue weighted by atomic mass is 35.5. The second-order valence-corrected chi connectivity index (χ2v) is 8.06. The van der Waals surface area contributed by atoms with Crippen LogP contribution in [0.5, 0.6) is 0 Å². The molecule has 1 aliphatic heterocycles. The van der Waals surface area contributed by atoms with Crippen LogP contribution in [-0.4, -0.2) is 38.7 Å². The molecular formula is C22H23ClN4O3. The van der Waals surface area contributed by atoms with Gasteiger partial charge in [0.15, 0.2) is 5.89 Å². The van der Waals surface area contributed by atoms with Gasteiger partial charge in [-0.3, -0.25) is 9.59 Å². The number of carbonyl (C=O) groups is 1. The van der Waals surface area contributed by atoms with Gasteiger partial charge in [0.2, 0.25) is 5.91 Å². The molecule has 0 spiro atoms. The molecule has 1 aliphatic rings. The van der Waals surface area contributed by atoms with Crippen molar-refractivity contribution >= 4 is 17.5 Å². The van der Waals surface area contributed by atoms with Crippen LogP contribution in [0.2, 0.25) is 5.02 Å². The third-order valence-electron chi connectivity index (χ3n) is 5.25. The Hall–Kier alpha value is -2.93. The predicted octanol–water partition coefficient (Wildman–Crippen LogP) is 3.19. The van der Waals surface area contributed by atoms with E-state index in [0.29, 0.717) is 36.1 Å². The first-order valence-electron chi connectivity index (χ1n) is 9.99. The number of oxazole rings is 1. The molecule has 2 aromatic heterocycles. The van der Waals surface area contributed by atoms with E-state index in [2.05, 4.69) is 10.1 Å². The molecule has 0 bridgehead atoms. The molecule has 3 heterocycles. The van der Waals surface area contributed by atoms with Crippen LogP contribution in [0, 0.1) is 6.92 Å². The van der Waals surface area contributed by atoms with Gasteiger partial charge in [-0.2, -0.15) is 5.10 Å². The summed E-state index contributed by atoms with van der Waals surface area (Å²) >= 11 is 6.05. The van der Waals surface area contributed by atoms with Crippen molar-refractivity contribution in [2.75, 3.05) is 13.1 Å². The highest BCUT2D eigenvalue weighted by molar-refractivity contribution is 6.30. The molecule has 1 amide bonds. The largest absolute Gasteiger partial charge is 0.445 e. The smallest absolute Gasteiger partial charge is 0.267 e. The predicted molar refractivity (Wildman–Crippen MR) is 113 cm³/mol. The first-order valence-corrected chi connectivity index (χ1v) is 10.4. The van der Waals surface area contributed by atoms with Gasteiger partial charge >= 0.3 is 0 Å². The Kier molecular flexibility index (Phi) is 5.99. The standard InChI is InChI=1S/C22H23ClN4O3/c1-15-7-8-20(28)27(25-15)14-21(29)26-9-3-5-17(13-26)22-24-12-19(30-22)11-16-4-2-6-18(23)10-16/h2,4,6-8,10,12,17H,3,5,9,11,13-14H2,1H3/t17-/m0/s1. The summed E-state index contributed by atoms with van der Waals surface area (Å²) in [5.74, 6) is 1.34. The summed E-state index contributed by atoms with van der Waals surface area (Å²) < 4.78 is 7.21. The van der Waals surface area contributed by atoms with E-state index < -0.39 is 0 Å².